The van der Waals surface area contributed by atoms with E-state index in [1.54, 1.807) is 23.1 Å². The molecule has 22 heavy (non-hydrogen) atoms. The summed E-state index contributed by atoms with van der Waals surface area (Å²) >= 11 is 3.41. The standard InChI is InChI=1S/C14H14N2O4S2/c17-13-8-10(3-4-12(13)16(19)20)14(18)15-5-7-21-9-11-2-1-6-22-11/h1-4,6,8,17H,5,7,9H2,(H,15,18). The molecule has 0 radical (unpaired) electrons. The first-order valence-electron chi connectivity index (χ1n) is 6.43. The number of rotatable bonds is 7. The Morgan fingerprint density at radius 3 is 2.86 bits per heavy atom. The fourth-order valence-corrected chi connectivity index (χ4v) is 3.42. The maximum atomic E-state index is 11.9. The van der Waals surface area contributed by atoms with Crippen LogP contribution >= 0.6 is 23.1 Å². The normalized spacial score (nSPS) is 10.4. The molecule has 116 valence electrons. The lowest BCUT2D eigenvalue weighted by atomic mass is 10.2. The topological polar surface area (TPSA) is 92.5 Å². The number of thiophene rings is 1. The average molecular weight is 338 g/mol. The van der Waals surface area contributed by atoms with Crippen molar-refractivity contribution in [1.82, 2.24) is 5.32 Å². The molecule has 0 atom stereocenters. The van der Waals surface area contributed by atoms with Crippen LogP contribution in [0.25, 0.3) is 0 Å². The lowest BCUT2D eigenvalue weighted by Crippen LogP contribution is -2.25. The van der Waals surface area contributed by atoms with E-state index in [2.05, 4.69) is 11.4 Å². The molecule has 1 aromatic carbocycles. The summed E-state index contributed by atoms with van der Waals surface area (Å²) in [4.78, 5) is 23.1. The fourth-order valence-electron chi connectivity index (χ4n) is 1.73. The maximum absolute atomic E-state index is 11.9. The van der Waals surface area contributed by atoms with Crippen LogP contribution in [0, 0.1) is 10.1 Å². The van der Waals surface area contributed by atoms with Gasteiger partial charge < -0.3 is 10.4 Å². The van der Waals surface area contributed by atoms with Gasteiger partial charge in [-0.15, -0.1) is 11.3 Å². The van der Waals surface area contributed by atoms with E-state index in [0.29, 0.717) is 6.54 Å². The zero-order valence-corrected chi connectivity index (χ0v) is 13.2. The average Bonchev–Trinajstić information content (AvgIpc) is 2.99. The van der Waals surface area contributed by atoms with Crippen molar-refractivity contribution < 1.29 is 14.8 Å². The van der Waals surface area contributed by atoms with Gasteiger partial charge >= 0.3 is 5.69 Å². The summed E-state index contributed by atoms with van der Waals surface area (Å²) in [6, 6.07) is 7.62. The molecule has 0 bridgehead atoms. The largest absolute Gasteiger partial charge is 0.502 e. The summed E-state index contributed by atoms with van der Waals surface area (Å²) in [5.74, 6) is 0.806. The zero-order valence-electron chi connectivity index (χ0n) is 11.5. The summed E-state index contributed by atoms with van der Waals surface area (Å²) in [6.07, 6.45) is 0. The first-order valence-corrected chi connectivity index (χ1v) is 8.47. The summed E-state index contributed by atoms with van der Waals surface area (Å²) < 4.78 is 0. The molecule has 0 fully saturated rings. The number of nitro benzene ring substituents is 1. The molecule has 0 aliphatic carbocycles. The molecule has 0 saturated heterocycles. The Morgan fingerprint density at radius 1 is 1.41 bits per heavy atom. The predicted molar refractivity (Wildman–Crippen MR) is 87.6 cm³/mol. The molecule has 1 amide bonds. The highest BCUT2D eigenvalue weighted by atomic mass is 32.2. The summed E-state index contributed by atoms with van der Waals surface area (Å²) in [5.41, 5.74) is -0.214. The number of thioether (sulfide) groups is 1. The molecule has 2 N–H and O–H groups in total. The monoisotopic (exact) mass is 338 g/mol. The van der Waals surface area contributed by atoms with Gasteiger partial charge in [0.05, 0.1) is 4.92 Å². The van der Waals surface area contributed by atoms with Gasteiger partial charge in [-0.2, -0.15) is 11.8 Å². The van der Waals surface area contributed by atoms with Crippen LogP contribution in [0.2, 0.25) is 0 Å². The van der Waals surface area contributed by atoms with Crippen LogP contribution in [0.4, 0.5) is 5.69 Å². The van der Waals surface area contributed by atoms with Crippen molar-refractivity contribution >= 4 is 34.7 Å². The van der Waals surface area contributed by atoms with Crippen LogP contribution in [0.1, 0.15) is 15.2 Å². The Bertz CT molecular complexity index is 659. The highest BCUT2D eigenvalue weighted by Crippen LogP contribution is 2.26. The molecule has 2 aromatic rings. The first kappa shape index (κ1) is 16.3. The molecule has 6 nitrogen and oxygen atoms in total. The number of hydrogen-bond acceptors (Lipinski definition) is 6. The SMILES string of the molecule is O=C(NCCSCc1cccs1)c1ccc([N+](=O)[O-])c(O)c1. The molecule has 0 aliphatic heterocycles. The van der Waals surface area contributed by atoms with E-state index in [0.717, 1.165) is 23.6 Å². The Kier molecular flexibility index (Phi) is 5.79. The molecule has 0 unspecified atom stereocenters. The molecule has 8 heteroatoms. The zero-order chi connectivity index (χ0) is 15.9. The summed E-state index contributed by atoms with van der Waals surface area (Å²) in [6.45, 7) is 0.493. The van der Waals surface area contributed by atoms with E-state index in [1.807, 2.05) is 11.4 Å². The van der Waals surface area contributed by atoms with Crippen LogP contribution in [0.15, 0.2) is 35.7 Å². The van der Waals surface area contributed by atoms with Crippen LogP contribution in [-0.2, 0) is 5.75 Å². The van der Waals surface area contributed by atoms with E-state index in [4.69, 9.17) is 0 Å². The van der Waals surface area contributed by atoms with Crippen molar-refractivity contribution in [3.8, 4) is 5.75 Å². The van der Waals surface area contributed by atoms with Gasteiger partial charge in [0.15, 0.2) is 5.75 Å². The molecule has 0 aliphatic rings. The summed E-state index contributed by atoms with van der Waals surface area (Å²) in [5, 5.41) is 24.8. The van der Waals surface area contributed by atoms with E-state index in [-0.39, 0.29) is 11.5 Å². The van der Waals surface area contributed by atoms with Gasteiger partial charge in [-0.25, -0.2) is 0 Å². The van der Waals surface area contributed by atoms with Gasteiger partial charge in [-0.05, 0) is 23.6 Å². The van der Waals surface area contributed by atoms with E-state index < -0.39 is 16.4 Å². The number of nitrogens with zero attached hydrogens (tertiary/aromatic N) is 1. The number of nitrogens with one attached hydrogen (secondary N) is 1. The second-order valence-electron chi connectivity index (χ2n) is 4.35. The van der Waals surface area contributed by atoms with Crippen molar-refractivity contribution in [2.24, 2.45) is 0 Å². The Hall–Kier alpha value is -2.06. The smallest absolute Gasteiger partial charge is 0.310 e. The molecule has 0 spiro atoms. The second kappa shape index (κ2) is 7.81. The van der Waals surface area contributed by atoms with Crippen LogP contribution in [0.3, 0.4) is 0 Å². The molecule has 0 saturated carbocycles. The highest BCUT2D eigenvalue weighted by Gasteiger charge is 2.15. The quantitative estimate of drug-likeness (QED) is 0.460. The summed E-state index contributed by atoms with van der Waals surface area (Å²) in [7, 11) is 0. The number of phenolic OH excluding ortho intramolecular Hbond substituents is 1. The third kappa shape index (κ3) is 4.47. The van der Waals surface area contributed by atoms with Gasteiger partial charge in [-0.3, -0.25) is 14.9 Å². The minimum Gasteiger partial charge on any atom is -0.502 e. The van der Waals surface area contributed by atoms with Crippen LogP contribution in [0.5, 0.6) is 5.75 Å². The third-order valence-corrected chi connectivity index (χ3v) is 4.86. The molecular weight excluding hydrogens is 324 g/mol. The van der Waals surface area contributed by atoms with Crippen LogP contribution in [-0.4, -0.2) is 28.2 Å². The Labute approximate surface area is 135 Å². The van der Waals surface area contributed by atoms with Gasteiger partial charge in [0.25, 0.3) is 5.91 Å². The second-order valence-corrected chi connectivity index (χ2v) is 6.49. The lowest BCUT2D eigenvalue weighted by Gasteiger charge is -2.05. The molecule has 2 rings (SSSR count). The van der Waals surface area contributed by atoms with Crippen molar-refractivity contribution in [2.45, 2.75) is 5.75 Å². The van der Waals surface area contributed by atoms with Crippen LogP contribution < -0.4 is 5.32 Å². The minimum atomic E-state index is -0.696. The Balaban J connectivity index is 1.77. The minimum absolute atomic E-state index is 0.200. The number of hydrogen-bond donors (Lipinski definition) is 2. The van der Waals surface area contributed by atoms with Crippen molar-refractivity contribution in [3.63, 3.8) is 0 Å². The van der Waals surface area contributed by atoms with Gasteiger partial charge in [0, 0.05) is 34.6 Å². The van der Waals surface area contributed by atoms with E-state index in [1.165, 1.54) is 10.9 Å². The predicted octanol–water partition coefficient (Wildman–Crippen LogP) is 3.03. The highest BCUT2D eigenvalue weighted by molar-refractivity contribution is 7.98. The maximum Gasteiger partial charge on any atom is 0.310 e. The molecule has 1 heterocycles. The lowest BCUT2D eigenvalue weighted by molar-refractivity contribution is -0.385. The van der Waals surface area contributed by atoms with Crippen molar-refractivity contribution in [1.29, 1.82) is 0 Å². The first-order chi connectivity index (χ1) is 10.6. The van der Waals surface area contributed by atoms with E-state index >= 15 is 0 Å². The van der Waals surface area contributed by atoms with Gasteiger partial charge in [0.2, 0.25) is 0 Å². The number of aromatic hydroxyl groups is 1. The number of phenols is 1. The molecule has 1 aromatic heterocycles. The van der Waals surface area contributed by atoms with Crippen molar-refractivity contribution in [3.05, 3.63) is 56.3 Å². The number of nitro groups is 1. The number of benzene rings is 1. The number of amides is 1. The molecular formula is C14H14N2O4S2. The number of carbonyl (C=O) groups is 1. The van der Waals surface area contributed by atoms with Crippen molar-refractivity contribution in [2.75, 3.05) is 12.3 Å². The fraction of sp³-hybridized carbons (Fsp3) is 0.214. The Morgan fingerprint density at radius 2 is 2.23 bits per heavy atom. The van der Waals surface area contributed by atoms with E-state index in [9.17, 15) is 20.0 Å². The van der Waals surface area contributed by atoms with Gasteiger partial charge in [0.1, 0.15) is 0 Å². The van der Waals surface area contributed by atoms with Gasteiger partial charge in [-0.1, -0.05) is 6.07 Å². The number of carbonyl (C=O) groups excluding carboxylic acids is 1. The third-order valence-electron chi connectivity index (χ3n) is 2.79.